The summed E-state index contributed by atoms with van der Waals surface area (Å²) in [6.45, 7) is 11.9. The molecule has 0 spiro atoms. The Morgan fingerprint density at radius 1 is 1.44 bits per heavy atom. The molecule has 1 amide bonds. The number of nitrogens with zero attached hydrogens (tertiary/aromatic N) is 1. The first kappa shape index (κ1) is 18.4. The van der Waals surface area contributed by atoms with E-state index in [9.17, 15) is 4.79 Å². The maximum absolute atomic E-state index is 11.4. The Morgan fingerprint density at radius 3 is 2.33 bits per heavy atom. The monoisotopic (exact) mass is 249 g/mol. The van der Waals surface area contributed by atoms with Crippen LogP contribution in [0.2, 0.25) is 0 Å². The van der Waals surface area contributed by atoms with E-state index in [-0.39, 0.29) is 5.84 Å². The van der Waals surface area contributed by atoms with Crippen molar-refractivity contribution in [3.05, 3.63) is 49.1 Å². The summed E-state index contributed by atoms with van der Waals surface area (Å²) in [6, 6.07) is 0. The van der Waals surface area contributed by atoms with Gasteiger partial charge in [-0.15, -0.1) is 0 Å². The van der Waals surface area contributed by atoms with E-state index in [0.717, 1.165) is 6.54 Å². The highest BCUT2D eigenvalue weighted by atomic mass is 16.1. The summed E-state index contributed by atoms with van der Waals surface area (Å²) < 4.78 is 0. The average Bonchev–Trinajstić information content (AvgIpc) is 2.36. The average molecular weight is 249 g/mol. The number of rotatable bonds is 5. The molecule has 0 atom stereocenters. The van der Waals surface area contributed by atoms with Gasteiger partial charge in [-0.05, 0) is 32.7 Å². The molecule has 0 aromatic carbocycles. The second-order valence-corrected chi connectivity index (χ2v) is 3.11. The third kappa shape index (κ3) is 10.6. The molecule has 0 fully saturated rings. The van der Waals surface area contributed by atoms with Gasteiger partial charge >= 0.3 is 0 Å². The van der Waals surface area contributed by atoms with Crippen LogP contribution in [0.15, 0.2) is 54.1 Å². The van der Waals surface area contributed by atoms with E-state index >= 15 is 0 Å². The van der Waals surface area contributed by atoms with E-state index in [1.54, 1.807) is 19.1 Å². The third-order valence-corrected chi connectivity index (χ3v) is 1.69. The zero-order valence-corrected chi connectivity index (χ0v) is 11.4. The first-order valence-electron chi connectivity index (χ1n) is 5.68. The SMILES string of the molecule is C=C/C=C(\C=C)C(=O)N=C(N)/C=C\C.CCNC. The van der Waals surface area contributed by atoms with Gasteiger partial charge < -0.3 is 11.1 Å². The highest BCUT2D eigenvalue weighted by Crippen LogP contribution is 1.99. The maximum Gasteiger partial charge on any atom is 0.278 e. The predicted octanol–water partition coefficient (Wildman–Crippen LogP) is 1.97. The molecule has 0 saturated heterocycles. The minimum atomic E-state index is -0.421. The molecule has 4 heteroatoms. The molecule has 0 aromatic rings. The van der Waals surface area contributed by atoms with Crippen LogP contribution in [0.3, 0.4) is 0 Å². The molecule has 0 heterocycles. The lowest BCUT2D eigenvalue weighted by molar-refractivity contribution is -0.114. The lowest BCUT2D eigenvalue weighted by Gasteiger charge is -1.94. The summed E-state index contributed by atoms with van der Waals surface area (Å²) in [5.74, 6) is -0.246. The van der Waals surface area contributed by atoms with Crippen molar-refractivity contribution in [2.75, 3.05) is 13.6 Å². The molecule has 0 aliphatic carbocycles. The highest BCUT2D eigenvalue weighted by molar-refractivity contribution is 6.07. The second kappa shape index (κ2) is 13.1. The smallest absolute Gasteiger partial charge is 0.278 e. The van der Waals surface area contributed by atoms with Gasteiger partial charge in [0, 0.05) is 5.57 Å². The fraction of sp³-hybridized carbons (Fsp3) is 0.286. The van der Waals surface area contributed by atoms with Crippen molar-refractivity contribution in [2.45, 2.75) is 13.8 Å². The quantitative estimate of drug-likeness (QED) is 0.339. The number of carbonyl (C=O) groups excluding carboxylic acids is 1. The molecular formula is C14H23N3O. The van der Waals surface area contributed by atoms with Gasteiger partial charge in [-0.1, -0.05) is 38.3 Å². The van der Waals surface area contributed by atoms with Gasteiger partial charge in [0.2, 0.25) is 0 Å². The standard InChI is InChI=1S/C11H14N2O.C3H9N/c1-4-7-9(6-3)11(14)13-10(12)8-5-2;1-3-4-2/h4-8H,1,3H2,2H3,(H2,12,13,14);4H,3H2,1-2H3/b8-5-,9-7+;. The van der Waals surface area contributed by atoms with Crippen molar-refractivity contribution >= 4 is 11.7 Å². The molecule has 100 valence electrons. The summed E-state index contributed by atoms with van der Waals surface area (Å²) >= 11 is 0. The fourth-order valence-corrected chi connectivity index (χ4v) is 0.743. The van der Waals surface area contributed by atoms with E-state index in [1.165, 1.54) is 18.2 Å². The van der Waals surface area contributed by atoms with Crippen molar-refractivity contribution in [1.82, 2.24) is 5.32 Å². The number of amidine groups is 1. The number of hydrogen-bond acceptors (Lipinski definition) is 2. The molecule has 0 aliphatic rings. The van der Waals surface area contributed by atoms with Crippen LogP contribution >= 0.6 is 0 Å². The summed E-state index contributed by atoms with van der Waals surface area (Å²) in [5.41, 5.74) is 5.80. The fourth-order valence-electron chi connectivity index (χ4n) is 0.743. The summed E-state index contributed by atoms with van der Waals surface area (Å²) in [7, 11) is 1.93. The van der Waals surface area contributed by atoms with Crippen LogP contribution < -0.4 is 11.1 Å². The minimum Gasteiger partial charge on any atom is -0.384 e. The van der Waals surface area contributed by atoms with Gasteiger partial charge in [-0.3, -0.25) is 4.79 Å². The lowest BCUT2D eigenvalue weighted by atomic mass is 10.2. The van der Waals surface area contributed by atoms with Crippen molar-refractivity contribution in [3.63, 3.8) is 0 Å². The minimum absolute atomic E-state index is 0.175. The van der Waals surface area contributed by atoms with Gasteiger partial charge in [0.25, 0.3) is 5.91 Å². The summed E-state index contributed by atoms with van der Waals surface area (Å²) in [5, 5.41) is 2.93. The largest absolute Gasteiger partial charge is 0.384 e. The molecule has 0 rings (SSSR count). The second-order valence-electron chi connectivity index (χ2n) is 3.11. The number of hydrogen-bond donors (Lipinski definition) is 2. The van der Waals surface area contributed by atoms with Crippen LogP contribution in [-0.4, -0.2) is 25.3 Å². The van der Waals surface area contributed by atoms with E-state index in [1.807, 2.05) is 7.05 Å². The Hall–Kier alpha value is -1.94. The molecule has 4 nitrogen and oxygen atoms in total. The first-order chi connectivity index (χ1) is 8.56. The Morgan fingerprint density at radius 2 is 2.00 bits per heavy atom. The van der Waals surface area contributed by atoms with Gasteiger partial charge in [-0.2, -0.15) is 4.99 Å². The van der Waals surface area contributed by atoms with Crippen molar-refractivity contribution in [2.24, 2.45) is 10.7 Å². The van der Waals surface area contributed by atoms with E-state index in [0.29, 0.717) is 5.57 Å². The maximum atomic E-state index is 11.4. The van der Waals surface area contributed by atoms with Gasteiger partial charge in [0.05, 0.1) is 0 Å². The predicted molar refractivity (Wildman–Crippen MR) is 79.5 cm³/mol. The molecular weight excluding hydrogens is 226 g/mol. The number of nitrogens with two attached hydrogens (primary N) is 1. The van der Waals surface area contributed by atoms with Crippen LogP contribution in [0, 0.1) is 0 Å². The Kier molecular flexibility index (Phi) is 13.4. The number of aliphatic imine (C=N–C) groups is 1. The van der Waals surface area contributed by atoms with Gasteiger partial charge in [0.15, 0.2) is 0 Å². The first-order valence-corrected chi connectivity index (χ1v) is 5.68. The molecule has 0 unspecified atom stereocenters. The topological polar surface area (TPSA) is 67.5 Å². The van der Waals surface area contributed by atoms with Crippen molar-refractivity contribution in [1.29, 1.82) is 0 Å². The Bertz CT molecular complexity index is 350. The number of allylic oxidation sites excluding steroid dienone is 3. The van der Waals surface area contributed by atoms with E-state index in [4.69, 9.17) is 5.73 Å². The van der Waals surface area contributed by atoms with Crippen molar-refractivity contribution in [3.8, 4) is 0 Å². The van der Waals surface area contributed by atoms with Crippen LogP contribution in [0.25, 0.3) is 0 Å². The molecule has 3 N–H and O–H groups in total. The van der Waals surface area contributed by atoms with Crippen LogP contribution in [0.5, 0.6) is 0 Å². The molecule has 0 aliphatic heterocycles. The number of nitrogens with one attached hydrogen (secondary N) is 1. The summed E-state index contributed by atoms with van der Waals surface area (Å²) in [4.78, 5) is 15.0. The molecule has 18 heavy (non-hydrogen) atoms. The number of amides is 1. The normalized spacial score (nSPS) is 11.7. The summed E-state index contributed by atoms with van der Waals surface area (Å²) in [6.07, 6.45) is 7.69. The molecule has 0 saturated carbocycles. The molecule has 0 bridgehead atoms. The zero-order valence-electron chi connectivity index (χ0n) is 11.4. The number of carbonyl (C=O) groups is 1. The van der Waals surface area contributed by atoms with Gasteiger partial charge in [0.1, 0.15) is 5.84 Å². The Balaban J connectivity index is 0. The van der Waals surface area contributed by atoms with Crippen molar-refractivity contribution < 1.29 is 4.79 Å². The van der Waals surface area contributed by atoms with Crippen LogP contribution in [-0.2, 0) is 4.79 Å². The lowest BCUT2D eigenvalue weighted by Crippen LogP contribution is -2.11. The van der Waals surface area contributed by atoms with Gasteiger partial charge in [-0.25, -0.2) is 0 Å². The van der Waals surface area contributed by atoms with Crippen LogP contribution in [0.4, 0.5) is 0 Å². The zero-order chi connectivity index (χ0) is 14.4. The molecule has 0 radical (unpaired) electrons. The van der Waals surface area contributed by atoms with E-state index < -0.39 is 5.91 Å². The highest BCUT2D eigenvalue weighted by Gasteiger charge is 2.02. The van der Waals surface area contributed by atoms with E-state index in [2.05, 4.69) is 30.4 Å². The molecule has 0 aromatic heterocycles. The Labute approximate surface area is 110 Å². The third-order valence-electron chi connectivity index (χ3n) is 1.69. The van der Waals surface area contributed by atoms with Crippen LogP contribution in [0.1, 0.15) is 13.8 Å².